The van der Waals surface area contributed by atoms with Gasteiger partial charge < -0.3 is 4.74 Å². The van der Waals surface area contributed by atoms with Crippen LogP contribution in [-0.4, -0.2) is 26.8 Å². The van der Waals surface area contributed by atoms with Crippen LogP contribution in [-0.2, 0) is 4.79 Å². The smallest absolute Gasteiger partial charge is 0.247 e. The summed E-state index contributed by atoms with van der Waals surface area (Å²) in [7, 11) is 0. The molecule has 1 aromatic heterocycles. The van der Waals surface area contributed by atoms with Crippen LogP contribution in [0, 0.1) is 27.7 Å². The van der Waals surface area contributed by atoms with Crippen molar-refractivity contribution in [3.63, 3.8) is 0 Å². The van der Waals surface area contributed by atoms with E-state index in [9.17, 15) is 4.79 Å². The molecule has 3 aromatic rings. The second kappa shape index (κ2) is 10.1. The molecule has 4 rings (SSSR count). The number of carbonyl (C=O) groups is 1. The van der Waals surface area contributed by atoms with Crippen LogP contribution in [0.5, 0.6) is 5.88 Å². The number of amides is 1. The van der Waals surface area contributed by atoms with Crippen molar-refractivity contribution < 1.29 is 9.53 Å². The van der Waals surface area contributed by atoms with Gasteiger partial charge in [-0.05, 0) is 56.9 Å². The highest BCUT2D eigenvalue weighted by Crippen LogP contribution is 2.46. The molecule has 6 nitrogen and oxygen atoms in total. The molecule has 7 heteroatoms. The number of benzene rings is 2. The third kappa shape index (κ3) is 4.67. The molecule has 2 aromatic carbocycles. The van der Waals surface area contributed by atoms with Crippen molar-refractivity contribution in [2.24, 2.45) is 0 Å². The third-order valence-corrected chi connectivity index (χ3v) is 7.07. The van der Waals surface area contributed by atoms with Gasteiger partial charge in [-0.25, -0.2) is 0 Å². The molecule has 0 N–H and O–H groups in total. The minimum Gasteiger partial charge on any atom is -0.447 e. The average molecular weight is 477 g/mol. The van der Waals surface area contributed by atoms with Crippen LogP contribution < -0.4 is 9.64 Å². The maximum Gasteiger partial charge on any atom is 0.247 e. The van der Waals surface area contributed by atoms with E-state index in [0.29, 0.717) is 23.2 Å². The predicted molar refractivity (Wildman–Crippen MR) is 137 cm³/mol. The number of aromatic nitrogens is 3. The summed E-state index contributed by atoms with van der Waals surface area (Å²) >= 11 is 1.58. The van der Waals surface area contributed by atoms with Crippen molar-refractivity contribution in [3.05, 3.63) is 58.1 Å². The first kappa shape index (κ1) is 24.2. The maximum atomic E-state index is 13.4. The SMILES string of the molecule is CCCCSc1nnc2c(n1)O[C@H](c1ccc(C)c(C)c1)N(C(=O)CC)c1c(C)cc(C)cc1-2. The van der Waals surface area contributed by atoms with Crippen molar-refractivity contribution in [2.75, 3.05) is 10.7 Å². The van der Waals surface area contributed by atoms with Crippen LogP contribution in [0.4, 0.5) is 5.69 Å². The molecule has 0 saturated carbocycles. The summed E-state index contributed by atoms with van der Waals surface area (Å²) in [6, 6.07) is 10.3. The standard InChI is InChI=1S/C27H32N4O2S/c1-7-9-12-34-27-28-25-23(29-30-27)21-14-16(3)13-19(6)24(21)31(22(32)8-2)26(33-25)20-11-10-17(4)18(5)15-20/h10-11,13-15,26H,7-9,12H2,1-6H3/t26-/m1/s1. The van der Waals surface area contributed by atoms with E-state index in [1.165, 1.54) is 5.56 Å². The van der Waals surface area contributed by atoms with Gasteiger partial charge in [-0.3, -0.25) is 9.69 Å². The van der Waals surface area contributed by atoms with Crippen LogP contribution in [0.25, 0.3) is 11.3 Å². The molecule has 0 saturated heterocycles. The van der Waals surface area contributed by atoms with Gasteiger partial charge >= 0.3 is 0 Å². The van der Waals surface area contributed by atoms with Gasteiger partial charge in [0.2, 0.25) is 23.2 Å². The van der Waals surface area contributed by atoms with Gasteiger partial charge in [0.05, 0.1) is 5.69 Å². The Bertz CT molecular complexity index is 1230. The zero-order chi connectivity index (χ0) is 24.4. The number of thioether (sulfide) groups is 1. The van der Waals surface area contributed by atoms with Crippen molar-refractivity contribution >= 4 is 23.4 Å². The summed E-state index contributed by atoms with van der Waals surface area (Å²) in [5.41, 5.74) is 7.52. The number of rotatable bonds is 6. The Kier molecular flexibility index (Phi) is 7.22. The molecule has 34 heavy (non-hydrogen) atoms. The molecule has 178 valence electrons. The number of hydrogen-bond acceptors (Lipinski definition) is 6. The Labute approximate surface area is 206 Å². The molecule has 0 radical (unpaired) electrons. The Morgan fingerprint density at radius 3 is 2.53 bits per heavy atom. The molecule has 0 fully saturated rings. The summed E-state index contributed by atoms with van der Waals surface area (Å²) < 4.78 is 6.58. The molecule has 1 aliphatic heterocycles. The van der Waals surface area contributed by atoms with Crippen LogP contribution in [0.1, 0.15) is 67.2 Å². The minimum atomic E-state index is -0.654. The lowest BCUT2D eigenvalue weighted by Gasteiger charge is -2.32. The number of anilines is 1. The lowest BCUT2D eigenvalue weighted by atomic mass is 9.99. The number of unbranched alkanes of at least 4 members (excludes halogenated alkanes) is 1. The van der Waals surface area contributed by atoms with Crippen LogP contribution in [0.2, 0.25) is 0 Å². The van der Waals surface area contributed by atoms with Crippen molar-refractivity contribution in [3.8, 4) is 17.1 Å². The lowest BCUT2D eigenvalue weighted by molar-refractivity contribution is -0.120. The van der Waals surface area contributed by atoms with E-state index in [0.717, 1.165) is 52.1 Å². The normalized spacial score (nSPS) is 14.8. The fourth-order valence-electron chi connectivity index (χ4n) is 4.22. The topological polar surface area (TPSA) is 68.2 Å². The summed E-state index contributed by atoms with van der Waals surface area (Å²) in [4.78, 5) is 20.0. The maximum absolute atomic E-state index is 13.4. The summed E-state index contributed by atoms with van der Waals surface area (Å²) in [6.45, 7) is 12.3. The Morgan fingerprint density at radius 2 is 1.82 bits per heavy atom. The quantitative estimate of drug-likeness (QED) is 0.299. The molecule has 0 unspecified atom stereocenters. The van der Waals surface area contributed by atoms with E-state index >= 15 is 0 Å². The zero-order valence-electron chi connectivity index (χ0n) is 20.8. The Balaban J connectivity index is 1.95. The van der Waals surface area contributed by atoms with E-state index in [1.54, 1.807) is 16.7 Å². The molecular weight excluding hydrogens is 444 g/mol. The molecule has 1 aliphatic rings. The predicted octanol–water partition coefficient (Wildman–Crippen LogP) is 6.50. The van der Waals surface area contributed by atoms with Gasteiger partial charge in [0.15, 0.2) is 5.69 Å². The molecular formula is C27H32N4O2S. The van der Waals surface area contributed by atoms with E-state index in [4.69, 9.17) is 9.72 Å². The molecule has 0 bridgehead atoms. The first-order valence-corrected chi connectivity index (χ1v) is 12.9. The zero-order valence-corrected chi connectivity index (χ0v) is 21.6. The number of fused-ring (bicyclic) bond motifs is 3. The molecule has 0 spiro atoms. The van der Waals surface area contributed by atoms with Gasteiger partial charge in [0.1, 0.15) is 0 Å². The number of hydrogen-bond donors (Lipinski definition) is 0. The van der Waals surface area contributed by atoms with Crippen LogP contribution in [0.3, 0.4) is 0 Å². The number of ether oxygens (including phenoxy) is 1. The molecule has 1 amide bonds. The van der Waals surface area contributed by atoms with Gasteiger partial charge in [-0.2, -0.15) is 4.98 Å². The van der Waals surface area contributed by atoms with Crippen LogP contribution >= 0.6 is 11.8 Å². The Hall–Kier alpha value is -2.93. The minimum absolute atomic E-state index is 0.0188. The lowest BCUT2D eigenvalue weighted by Crippen LogP contribution is -2.37. The van der Waals surface area contributed by atoms with Gasteiger partial charge in [0.25, 0.3) is 0 Å². The summed E-state index contributed by atoms with van der Waals surface area (Å²) in [5.74, 6) is 1.32. The molecule has 1 atom stereocenters. The highest BCUT2D eigenvalue weighted by atomic mass is 32.2. The van der Waals surface area contributed by atoms with E-state index in [-0.39, 0.29) is 5.91 Å². The van der Waals surface area contributed by atoms with E-state index in [2.05, 4.69) is 49.2 Å². The highest BCUT2D eigenvalue weighted by Gasteiger charge is 2.36. The van der Waals surface area contributed by atoms with Gasteiger partial charge in [0, 0.05) is 23.3 Å². The third-order valence-electron chi connectivity index (χ3n) is 6.15. The fourth-order valence-corrected chi connectivity index (χ4v) is 5.08. The summed E-state index contributed by atoms with van der Waals surface area (Å²) in [6.07, 6.45) is 1.89. The van der Waals surface area contributed by atoms with Crippen molar-refractivity contribution in [1.29, 1.82) is 0 Å². The molecule has 0 aliphatic carbocycles. The first-order chi connectivity index (χ1) is 16.3. The monoisotopic (exact) mass is 476 g/mol. The van der Waals surface area contributed by atoms with Crippen molar-refractivity contribution in [1.82, 2.24) is 15.2 Å². The fraction of sp³-hybridized carbons (Fsp3) is 0.407. The van der Waals surface area contributed by atoms with Crippen molar-refractivity contribution in [2.45, 2.75) is 72.2 Å². The number of nitrogens with zero attached hydrogens (tertiary/aromatic N) is 4. The summed E-state index contributed by atoms with van der Waals surface area (Å²) in [5, 5.41) is 9.55. The average Bonchev–Trinajstić information content (AvgIpc) is 2.95. The number of carbonyl (C=O) groups excluding carboxylic acids is 1. The Morgan fingerprint density at radius 1 is 1.03 bits per heavy atom. The van der Waals surface area contributed by atoms with Crippen LogP contribution in [0.15, 0.2) is 35.5 Å². The van der Waals surface area contributed by atoms with Gasteiger partial charge in [-0.15, -0.1) is 10.2 Å². The second-order valence-corrected chi connectivity index (χ2v) is 9.92. The van der Waals surface area contributed by atoms with Gasteiger partial charge in [-0.1, -0.05) is 61.9 Å². The number of aryl methyl sites for hydroxylation is 4. The van der Waals surface area contributed by atoms with E-state index in [1.807, 2.05) is 32.9 Å². The largest absolute Gasteiger partial charge is 0.447 e. The molecule has 2 heterocycles. The second-order valence-electron chi connectivity index (χ2n) is 8.86. The van der Waals surface area contributed by atoms with E-state index < -0.39 is 6.23 Å². The highest BCUT2D eigenvalue weighted by molar-refractivity contribution is 7.99. The first-order valence-electron chi connectivity index (χ1n) is 11.9.